The number of likely N-dealkylation sites (N-methyl/N-ethyl adjacent to an activating group) is 1. The van der Waals surface area contributed by atoms with Crippen molar-refractivity contribution in [2.45, 2.75) is 13.2 Å². The van der Waals surface area contributed by atoms with Gasteiger partial charge in [-0.2, -0.15) is 0 Å². The van der Waals surface area contributed by atoms with Crippen molar-refractivity contribution < 1.29 is 9.47 Å². The molecule has 0 saturated heterocycles. The van der Waals surface area contributed by atoms with Crippen LogP contribution in [0.1, 0.15) is 11.1 Å². The molecular weight excluding hydrogens is 324 g/mol. The zero-order chi connectivity index (χ0) is 17.4. The van der Waals surface area contributed by atoms with E-state index in [0.717, 1.165) is 36.7 Å². The summed E-state index contributed by atoms with van der Waals surface area (Å²) in [6, 6.07) is 13.7. The first-order valence-corrected chi connectivity index (χ1v) is 8.36. The largest absolute Gasteiger partial charge is 0.493 e. The van der Waals surface area contributed by atoms with Gasteiger partial charge >= 0.3 is 0 Å². The lowest BCUT2D eigenvalue weighted by atomic mass is 10.2. The van der Waals surface area contributed by atoms with Gasteiger partial charge in [-0.3, -0.25) is 0 Å². The van der Waals surface area contributed by atoms with Crippen molar-refractivity contribution in [1.29, 1.82) is 0 Å². The van der Waals surface area contributed by atoms with Crippen molar-refractivity contribution in [3.63, 3.8) is 0 Å². The van der Waals surface area contributed by atoms with Crippen molar-refractivity contribution in [2.24, 2.45) is 0 Å². The Balaban J connectivity index is 1.93. The molecule has 0 aliphatic carbocycles. The lowest BCUT2D eigenvalue weighted by Gasteiger charge is -2.14. The average Bonchev–Trinajstić information content (AvgIpc) is 2.57. The Morgan fingerprint density at radius 2 is 1.88 bits per heavy atom. The molecule has 0 aliphatic heterocycles. The molecule has 0 amide bonds. The maximum absolute atomic E-state index is 6.00. The summed E-state index contributed by atoms with van der Waals surface area (Å²) in [6.45, 7) is 3.22. The molecule has 130 valence electrons. The van der Waals surface area contributed by atoms with Crippen LogP contribution in [0, 0.1) is 0 Å². The third-order valence-electron chi connectivity index (χ3n) is 3.58. The Morgan fingerprint density at radius 3 is 2.58 bits per heavy atom. The third kappa shape index (κ3) is 6.04. The number of ether oxygens (including phenoxy) is 2. The molecule has 2 aromatic carbocycles. The average molecular weight is 349 g/mol. The third-order valence-corrected chi connectivity index (χ3v) is 3.81. The van der Waals surface area contributed by atoms with Gasteiger partial charge in [0, 0.05) is 24.7 Å². The molecule has 0 saturated carbocycles. The van der Waals surface area contributed by atoms with E-state index in [2.05, 4.69) is 30.4 Å². The molecule has 0 atom stereocenters. The highest BCUT2D eigenvalue weighted by Crippen LogP contribution is 2.29. The highest BCUT2D eigenvalue weighted by atomic mass is 35.5. The summed E-state index contributed by atoms with van der Waals surface area (Å²) in [7, 11) is 5.79. The molecule has 2 rings (SSSR count). The Labute approximate surface area is 149 Å². The minimum Gasteiger partial charge on any atom is -0.493 e. The molecule has 0 unspecified atom stereocenters. The van der Waals surface area contributed by atoms with Crippen LogP contribution >= 0.6 is 11.6 Å². The first-order valence-electron chi connectivity index (χ1n) is 7.98. The summed E-state index contributed by atoms with van der Waals surface area (Å²) in [5.41, 5.74) is 2.19. The van der Waals surface area contributed by atoms with Crippen molar-refractivity contribution >= 4 is 11.6 Å². The molecule has 0 aromatic heterocycles. The highest BCUT2D eigenvalue weighted by molar-refractivity contribution is 6.30. The zero-order valence-corrected chi connectivity index (χ0v) is 15.3. The van der Waals surface area contributed by atoms with Gasteiger partial charge in [-0.05, 0) is 49.5 Å². The van der Waals surface area contributed by atoms with E-state index in [1.165, 1.54) is 5.56 Å². The van der Waals surface area contributed by atoms with Crippen LogP contribution in [0.5, 0.6) is 11.5 Å². The van der Waals surface area contributed by atoms with Crippen molar-refractivity contribution in [2.75, 3.05) is 34.3 Å². The van der Waals surface area contributed by atoms with E-state index >= 15 is 0 Å². The quantitative estimate of drug-likeness (QED) is 0.702. The van der Waals surface area contributed by atoms with Crippen LogP contribution in [0.25, 0.3) is 0 Å². The maximum Gasteiger partial charge on any atom is 0.161 e. The lowest BCUT2D eigenvalue weighted by Crippen LogP contribution is -2.26. The highest BCUT2D eigenvalue weighted by Gasteiger charge is 2.06. The predicted molar refractivity (Wildman–Crippen MR) is 99.0 cm³/mol. The summed E-state index contributed by atoms with van der Waals surface area (Å²) in [5, 5.41) is 4.13. The molecule has 24 heavy (non-hydrogen) atoms. The van der Waals surface area contributed by atoms with E-state index in [9.17, 15) is 0 Å². The SMILES string of the molecule is COc1cc(CNCCN(C)C)ccc1OCc1cccc(Cl)c1. The van der Waals surface area contributed by atoms with E-state index in [1.807, 2.05) is 36.4 Å². The van der Waals surface area contributed by atoms with Crippen LogP contribution in [-0.2, 0) is 13.2 Å². The minimum atomic E-state index is 0.456. The van der Waals surface area contributed by atoms with Gasteiger partial charge in [-0.1, -0.05) is 29.8 Å². The smallest absolute Gasteiger partial charge is 0.161 e. The fourth-order valence-corrected chi connectivity index (χ4v) is 2.48. The molecule has 0 spiro atoms. The number of benzene rings is 2. The van der Waals surface area contributed by atoms with Crippen molar-refractivity contribution in [1.82, 2.24) is 10.2 Å². The van der Waals surface area contributed by atoms with Crippen molar-refractivity contribution in [3.05, 3.63) is 58.6 Å². The molecule has 0 fully saturated rings. The number of nitrogens with one attached hydrogen (secondary N) is 1. The van der Waals surface area contributed by atoms with Gasteiger partial charge < -0.3 is 19.7 Å². The van der Waals surface area contributed by atoms with Crippen LogP contribution in [0.15, 0.2) is 42.5 Å². The van der Waals surface area contributed by atoms with E-state index in [4.69, 9.17) is 21.1 Å². The molecule has 0 aliphatic rings. The van der Waals surface area contributed by atoms with Gasteiger partial charge in [0.2, 0.25) is 0 Å². The number of hydrogen-bond donors (Lipinski definition) is 1. The number of halogens is 1. The Hall–Kier alpha value is -1.75. The number of methoxy groups -OCH3 is 1. The Bertz CT molecular complexity index is 647. The first-order chi connectivity index (χ1) is 11.6. The van der Waals surface area contributed by atoms with E-state index < -0.39 is 0 Å². The van der Waals surface area contributed by atoms with Crippen LogP contribution in [-0.4, -0.2) is 39.2 Å². The molecule has 2 aromatic rings. The summed E-state index contributed by atoms with van der Waals surface area (Å²) < 4.78 is 11.3. The molecular formula is C19H25ClN2O2. The summed E-state index contributed by atoms with van der Waals surface area (Å²) in [5.74, 6) is 1.47. The molecule has 0 heterocycles. The van der Waals surface area contributed by atoms with Crippen molar-refractivity contribution in [3.8, 4) is 11.5 Å². The van der Waals surface area contributed by atoms with Crippen LogP contribution in [0.4, 0.5) is 0 Å². The van der Waals surface area contributed by atoms with E-state index in [-0.39, 0.29) is 0 Å². The monoisotopic (exact) mass is 348 g/mol. The zero-order valence-electron chi connectivity index (χ0n) is 14.5. The molecule has 0 radical (unpaired) electrons. The second-order valence-corrected chi connectivity index (χ2v) is 6.32. The van der Waals surface area contributed by atoms with Gasteiger partial charge in [0.15, 0.2) is 11.5 Å². The standard InChI is InChI=1S/C19H25ClN2O2/c1-22(2)10-9-21-13-15-7-8-18(19(12-15)23-3)24-14-16-5-4-6-17(20)11-16/h4-8,11-12,21H,9-10,13-14H2,1-3H3. The van der Waals surface area contributed by atoms with Crippen LogP contribution < -0.4 is 14.8 Å². The second kappa shape index (κ2) is 9.52. The van der Waals surface area contributed by atoms with Crippen LogP contribution in [0.3, 0.4) is 0 Å². The molecule has 0 bridgehead atoms. The van der Waals surface area contributed by atoms with E-state index in [0.29, 0.717) is 11.6 Å². The molecule has 5 heteroatoms. The van der Waals surface area contributed by atoms with Gasteiger partial charge in [0.1, 0.15) is 6.61 Å². The number of nitrogens with zero attached hydrogens (tertiary/aromatic N) is 1. The normalized spacial score (nSPS) is 10.9. The van der Waals surface area contributed by atoms with E-state index in [1.54, 1.807) is 7.11 Å². The summed E-state index contributed by atoms with van der Waals surface area (Å²) in [6.07, 6.45) is 0. The topological polar surface area (TPSA) is 33.7 Å². The van der Waals surface area contributed by atoms with Gasteiger partial charge in [0.25, 0.3) is 0 Å². The van der Waals surface area contributed by atoms with Crippen LogP contribution in [0.2, 0.25) is 5.02 Å². The number of hydrogen-bond acceptors (Lipinski definition) is 4. The predicted octanol–water partition coefficient (Wildman–Crippen LogP) is 3.58. The fourth-order valence-electron chi connectivity index (χ4n) is 2.26. The maximum atomic E-state index is 6.00. The first kappa shape index (κ1) is 18.6. The lowest BCUT2D eigenvalue weighted by molar-refractivity contribution is 0.284. The fraction of sp³-hybridized carbons (Fsp3) is 0.368. The molecule has 1 N–H and O–H groups in total. The van der Waals surface area contributed by atoms with Gasteiger partial charge in [-0.25, -0.2) is 0 Å². The number of rotatable bonds is 9. The van der Waals surface area contributed by atoms with Gasteiger partial charge in [-0.15, -0.1) is 0 Å². The Morgan fingerprint density at radius 1 is 1.04 bits per heavy atom. The van der Waals surface area contributed by atoms with Gasteiger partial charge in [0.05, 0.1) is 7.11 Å². The summed E-state index contributed by atoms with van der Waals surface area (Å²) in [4.78, 5) is 2.15. The minimum absolute atomic E-state index is 0.456. The second-order valence-electron chi connectivity index (χ2n) is 5.88. The molecule has 4 nitrogen and oxygen atoms in total. The Kier molecular flexibility index (Phi) is 7.37. The summed E-state index contributed by atoms with van der Waals surface area (Å²) >= 11 is 6.00.